The van der Waals surface area contributed by atoms with E-state index in [-0.39, 0.29) is 11.6 Å². The largest absolute Gasteiger partial charge is 0.378 e. The van der Waals surface area contributed by atoms with Crippen LogP contribution in [0.15, 0.2) is 42.7 Å². The van der Waals surface area contributed by atoms with Crippen molar-refractivity contribution in [2.75, 3.05) is 36.5 Å². The minimum absolute atomic E-state index is 0.238. The molecule has 1 aliphatic rings. The minimum atomic E-state index is -0.384. The van der Waals surface area contributed by atoms with Gasteiger partial charge in [-0.1, -0.05) is 23.5 Å². The van der Waals surface area contributed by atoms with Crippen LogP contribution in [0.1, 0.15) is 21.6 Å². The molecule has 1 N–H and O–H groups in total. The van der Waals surface area contributed by atoms with Crippen LogP contribution in [0.2, 0.25) is 0 Å². The number of pyridine rings is 1. The summed E-state index contributed by atoms with van der Waals surface area (Å²) in [4.78, 5) is 33.1. The predicted octanol–water partition coefficient (Wildman–Crippen LogP) is 2.98. The van der Waals surface area contributed by atoms with E-state index < -0.39 is 0 Å². The summed E-state index contributed by atoms with van der Waals surface area (Å²) in [6, 6.07) is 12.8. The Morgan fingerprint density at radius 2 is 1.85 bits per heavy atom. The highest BCUT2D eigenvalue weighted by molar-refractivity contribution is 7.21. The van der Waals surface area contributed by atoms with Gasteiger partial charge in [-0.05, 0) is 18.2 Å². The Labute approximate surface area is 198 Å². The summed E-state index contributed by atoms with van der Waals surface area (Å²) in [6.45, 7) is 2.31. The number of nitrogens with zero attached hydrogens (tertiary/aromatic N) is 7. The van der Waals surface area contributed by atoms with Gasteiger partial charge in [-0.3, -0.25) is 10.1 Å². The lowest BCUT2D eigenvalue weighted by atomic mass is 10.1. The normalized spacial score (nSPS) is 13.3. The van der Waals surface area contributed by atoms with Crippen molar-refractivity contribution in [3.8, 4) is 23.4 Å². The van der Waals surface area contributed by atoms with Gasteiger partial charge in [-0.2, -0.15) is 15.5 Å². The van der Waals surface area contributed by atoms with Gasteiger partial charge in [-0.25, -0.2) is 15.0 Å². The molecule has 0 bridgehead atoms. The molecule has 0 radical (unpaired) electrons. The third-order valence-corrected chi connectivity index (χ3v) is 6.10. The second-order valence-corrected chi connectivity index (χ2v) is 8.32. The predicted molar refractivity (Wildman–Crippen MR) is 125 cm³/mol. The molecule has 4 aromatic rings. The molecular weight excluding hydrogens is 452 g/mol. The molecule has 0 atom stereocenters. The number of carbonyl (C=O) groups excluding carboxylic acids is 1. The fourth-order valence-electron chi connectivity index (χ4n) is 3.54. The number of amides is 1. The molecule has 34 heavy (non-hydrogen) atoms. The van der Waals surface area contributed by atoms with Gasteiger partial charge in [0, 0.05) is 24.8 Å². The first-order valence-corrected chi connectivity index (χ1v) is 11.1. The zero-order chi connectivity index (χ0) is 23.5. The van der Waals surface area contributed by atoms with Crippen molar-refractivity contribution in [3.05, 3.63) is 59.5 Å². The Bertz CT molecular complexity index is 1460. The molecule has 1 amide bonds. The van der Waals surface area contributed by atoms with Gasteiger partial charge in [-0.15, -0.1) is 0 Å². The van der Waals surface area contributed by atoms with E-state index in [0.717, 1.165) is 5.56 Å². The quantitative estimate of drug-likeness (QED) is 0.478. The summed E-state index contributed by atoms with van der Waals surface area (Å²) < 4.78 is 5.40. The molecule has 1 aliphatic heterocycles. The molecule has 1 aromatic carbocycles. The number of nitrogens with one attached hydrogen (secondary N) is 1. The van der Waals surface area contributed by atoms with Crippen molar-refractivity contribution in [3.63, 3.8) is 0 Å². The average Bonchev–Trinajstić information content (AvgIpc) is 3.30. The van der Waals surface area contributed by atoms with Crippen molar-refractivity contribution in [1.29, 1.82) is 10.5 Å². The number of hydrogen-bond acceptors (Lipinski definition) is 10. The number of carbonyl (C=O) groups is 1. The summed E-state index contributed by atoms with van der Waals surface area (Å²) in [5.41, 5.74) is 3.67. The number of hydrogen-bond donors (Lipinski definition) is 1. The molecule has 1 fully saturated rings. The van der Waals surface area contributed by atoms with Crippen LogP contribution < -0.4 is 10.2 Å². The summed E-state index contributed by atoms with van der Waals surface area (Å²) in [5.74, 6) is -0.384. The van der Waals surface area contributed by atoms with E-state index in [1.807, 2.05) is 23.1 Å². The van der Waals surface area contributed by atoms with Crippen molar-refractivity contribution in [2.45, 2.75) is 0 Å². The zero-order valence-corrected chi connectivity index (χ0v) is 18.5. The second kappa shape index (κ2) is 9.19. The molecule has 3 aromatic heterocycles. The lowest BCUT2D eigenvalue weighted by Gasteiger charge is -2.30. The highest BCUT2D eigenvalue weighted by atomic mass is 32.1. The molecule has 0 saturated carbocycles. The summed E-state index contributed by atoms with van der Waals surface area (Å²) in [7, 11) is 0. The first kappa shape index (κ1) is 21.4. The summed E-state index contributed by atoms with van der Waals surface area (Å²) in [5, 5.41) is 21.4. The van der Waals surface area contributed by atoms with Crippen LogP contribution in [0.5, 0.6) is 0 Å². The van der Waals surface area contributed by atoms with Crippen LogP contribution in [0.3, 0.4) is 0 Å². The first-order chi connectivity index (χ1) is 16.6. The maximum Gasteiger partial charge on any atom is 0.261 e. The van der Waals surface area contributed by atoms with E-state index in [1.54, 1.807) is 24.4 Å². The number of aromatic nitrogens is 4. The van der Waals surface area contributed by atoms with Crippen molar-refractivity contribution >= 4 is 38.5 Å². The van der Waals surface area contributed by atoms with E-state index in [4.69, 9.17) is 10.00 Å². The molecule has 0 spiro atoms. The highest BCUT2D eigenvalue weighted by Gasteiger charge is 2.21. The number of anilines is 2. The van der Waals surface area contributed by atoms with E-state index in [9.17, 15) is 10.1 Å². The van der Waals surface area contributed by atoms with Crippen LogP contribution >= 0.6 is 11.3 Å². The van der Waals surface area contributed by atoms with Gasteiger partial charge in [0.1, 0.15) is 11.8 Å². The Kier molecular flexibility index (Phi) is 5.79. The average molecular weight is 469 g/mol. The van der Waals surface area contributed by atoms with Gasteiger partial charge in [0.25, 0.3) is 5.91 Å². The SMILES string of the molecule is N#Cc1ccc(-c2cnc3nc(NC(=O)c4cnc(C#N)cc4N4CCOCC4)sc3n2)cc1. The zero-order valence-electron chi connectivity index (χ0n) is 17.7. The number of ether oxygens (including phenoxy) is 1. The van der Waals surface area contributed by atoms with Gasteiger partial charge in [0.05, 0.1) is 48.0 Å². The molecule has 5 rings (SSSR count). The molecule has 166 valence electrons. The Morgan fingerprint density at radius 1 is 1.06 bits per heavy atom. The van der Waals surface area contributed by atoms with Gasteiger partial charge >= 0.3 is 0 Å². The molecule has 10 nitrogen and oxygen atoms in total. The van der Waals surface area contributed by atoms with Crippen LogP contribution in [-0.4, -0.2) is 52.1 Å². The second-order valence-electron chi connectivity index (χ2n) is 7.34. The smallest absolute Gasteiger partial charge is 0.261 e. The Balaban J connectivity index is 1.41. The fraction of sp³-hybridized carbons (Fsp3) is 0.174. The van der Waals surface area contributed by atoms with Gasteiger partial charge in [0.15, 0.2) is 15.6 Å². The summed E-state index contributed by atoms with van der Waals surface area (Å²) >= 11 is 1.21. The van der Waals surface area contributed by atoms with Crippen molar-refractivity contribution in [1.82, 2.24) is 19.9 Å². The van der Waals surface area contributed by atoms with Crippen molar-refractivity contribution in [2.24, 2.45) is 0 Å². The van der Waals surface area contributed by atoms with Crippen molar-refractivity contribution < 1.29 is 9.53 Å². The van der Waals surface area contributed by atoms with Crippen LogP contribution in [-0.2, 0) is 4.74 Å². The van der Waals surface area contributed by atoms with Gasteiger partial charge < -0.3 is 9.64 Å². The highest BCUT2D eigenvalue weighted by Crippen LogP contribution is 2.28. The summed E-state index contributed by atoms with van der Waals surface area (Å²) in [6.07, 6.45) is 3.02. The van der Waals surface area contributed by atoms with E-state index in [2.05, 4.69) is 31.3 Å². The topological polar surface area (TPSA) is 141 Å². The number of nitriles is 2. The van der Waals surface area contributed by atoms with Crippen LogP contribution in [0, 0.1) is 22.7 Å². The maximum atomic E-state index is 13.1. The fourth-order valence-corrected chi connectivity index (χ4v) is 4.33. The number of morpholine rings is 1. The minimum Gasteiger partial charge on any atom is -0.378 e. The number of rotatable bonds is 4. The standard InChI is InChI=1S/C23H16N8O2S/c24-10-14-1-3-15(4-2-14)18-13-27-20-22(28-18)34-23(29-20)30-21(32)17-12-26-16(11-25)9-19(17)31-5-7-33-8-6-31/h1-4,9,12-13H,5-8H2,(H,27,29,30,32). The van der Waals surface area contributed by atoms with Crippen LogP contribution in [0.25, 0.3) is 21.7 Å². The van der Waals surface area contributed by atoms with E-state index in [1.165, 1.54) is 17.5 Å². The van der Waals surface area contributed by atoms with Gasteiger partial charge in [0.2, 0.25) is 0 Å². The molecule has 0 aliphatic carbocycles. The maximum absolute atomic E-state index is 13.1. The molecule has 0 unspecified atom stereocenters. The lowest BCUT2D eigenvalue weighted by Crippen LogP contribution is -2.37. The Hall–Kier alpha value is -4.45. The molecular formula is C23H16N8O2S. The molecule has 4 heterocycles. The lowest BCUT2D eigenvalue weighted by molar-refractivity contribution is 0.102. The van der Waals surface area contributed by atoms with E-state index in [0.29, 0.717) is 64.4 Å². The third-order valence-electron chi connectivity index (χ3n) is 5.25. The third kappa shape index (κ3) is 4.26. The number of thiazole rings is 1. The molecule has 11 heteroatoms. The number of fused-ring (bicyclic) bond motifs is 1. The first-order valence-electron chi connectivity index (χ1n) is 10.3. The van der Waals surface area contributed by atoms with E-state index >= 15 is 0 Å². The monoisotopic (exact) mass is 468 g/mol. The number of benzene rings is 1. The van der Waals surface area contributed by atoms with Crippen LogP contribution in [0.4, 0.5) is 10.8 Å². The Morgan fingerprint density at radius 3 is 2.59 bits per heavy atom. The molecule has 1 saturated heterocycles.